The van der Waals surface area contributed by atoms with E-state index in [-0.39, 0.29) is 23.8 Å². The molecule has 1 heterocycles. The van der Waals surface area contributed by atoms with Crippen LogP contribution in [-0.2, 0) is 19.6 Å². The van der Waals surface area contributed by atoms with Crippen LogP contribution < -0.4 is 10.0 Å². The summed E-state index contributed by atoms with van der Waals surface area (Å²) < 4.78 is 44.6. The van der Waals surface area contributed by atoms with Crippen molar-refractivity contribution in [1.82, 2.24) is 10.0 Å². The van der Waals surface area contributed by atoms with Crippen LogP contribution >= 0.6 is 11.8 Å². The van der Waals surface area contributed by atoms with Gasteiger partial charge in [0, 0.05) is 43.7 Å². The van der Waals surface area contributed by atoms with E-state index in [4.69, 9.17) is 4.74 Å². The maximum Gasteiger partial charge on any atom is 0.240 e. The summed E-state index contributed by atoms with van der Waals surface area (Å²) in [5, 5.41) is 3.36. The minimum Gasteiger partial charge on any atom is -0.381 e. The first-order valence-electron chi connectivity index (χ1n) is 8.18. The lowest BCUT2D eigenvalue weighted by Gasteiger charge is -2.21. The van der Waals surface area contributed by atoms with Gasteiger partial charge in [-0.05, 0) is 31.0 Å². The molecule has 9 heteroatoms. The van der Waals surface area contributed by atoms with Gasteiger partial charge in [-0.15, -0.1) is 0 Å². The molecule has 1 aromatic carbocycles. The van der Waals surface area contributed by atoms with Crippen molar-refractivity contribution >= 4 is 27.7 Å². The summed E-state index contributed by atoms with van der Waals surface area (Å²) in [4.78, 5) is 11.6. The van der Waals surface area contributed by atoms with E-state index >= 15 is 0 Å². The van der Waals surface area contributed by atoms with Gasteiger partial charge < -0.3 is 10.1 Å². The molecule has 1 aliphatic rings. The van der Waals surface area contributed by atoms with E-state index in [1.54, 1.807) is 0 Å². The fourth-order valence-corrected chi connectivity index (χ4v) is 4.51. The Kier molecular flexibility index (Phi) is 8.14. The Morgan fingerprint density at radius 3 is 2.76 bits per heavy atom. The third-order valence-electron chi connectivity index (χ3n) is 3.70. The van der Waals surface area contributed by atoms with E-state index in [1.165, 1.54) is 18.2 Å². The fraction of sp³-hybridized carbons (Fsp3) is 0.562. The topological polar surface area (TPSA) is 84.5 Å². The number of amides is 1. The molecule has 6 nitrogen and oxygen atoms in total. The highest BCUT2D eigenvalue weighted by Crippen LogP contribution is 2.21. The van der Waals surface area contributed by atoms with Gasteiger partial charge in [-0.25, -0.2) is 17.5 Å². The van der Waals surface area contributed by atoms with E-state index in [0.29, 0.717) is 11.8 Å². The Bertz CT molecular complexity index is 664. The van der Waals surface area contributed by atoms with Crippen LogP contribution in [0.4, 0.5) is 4.39 Å². The van der Waals surface area contributed by atoms with Gasteiger partial charge in [0.1, 0.15) is 5.82 Å². The smallest absolute Gasteiger partial charge is 0.240 e. The molecule has 0 aromatic heterocycles. The van der Waals surface area contributed by atoms with Crippen LogP contribution in [0.25, 0.3) is 0 Å². The molecule has 2 N–H and O–H groups in total. The molecular formula is C16H23FN2O4S2. The average molecular weight is 391 g/mol. The van der Waals surface area contributed by atoms with Gasteiger partial charge in [-0.3, -0.25) is 4.79 Å². The predicted octanol–water partition coefficient (Wildman–Crippen LogP) is 1.52. The number of ether oxygens (including phenoxy) is 1. The lowest BCUT2D eigenvalue weighted by molar-refractivity contribution is -0.120. The Morgan fingerprint density at radius 2 is 2.04 bits per heavy atom. The van der Waals surface area contributed by atoms with Crippen molar-refractivity contribution < 1.29 is 22.3 Å². The molecule has 0 atom stereocenters. The maximum atomic E-state index is 13.1. The predicted molar refractivity (Wildman–Crippen MR) is 95.5 cm³/mol. The summed E-state index contributed by atoms with van der Waals surface area (Å²) in [6, 6.07) is 4.74. The highest BCUT2D eigenvalue weighted by Gasteiger charge is 2.15. The molecule has 0 bridgehead atoms. The second-order valence-electron chi connectivity index (χ2n) is 5.64. The van der Waals surface area contributed by atoms with Gasteiger partial charge in [0.05, 0.1) is 4.90 Å². The zero-order chi connectivity index (χ0) is 18.1. The lowest BCUT2D eigenvalue weighted by Crippen LogP contribution is -2.32. The molecule has 0 saturated carbocycles. The van der Waals surface area contributed by atoms with Gasteiger partial charge in [-0.2, -0.15) is 11.8 Å². The largest absolute Gasteiger partial charge is 0.381 e. The van der Waals surface area contributed by atoms with Crippen molar-refractivity contribution in [3.8, 4) is 0 Å². The van der Waals surface area contributed by atoms with Gasteiger partial charge >= 0.3 is 0 Å². The third kappa shape index (κ3) is 7.31. The first kappa shape index (κ1) is 20.2. The SMILES string of the molecule is O=C(CCNS(=O)(=O)c1cccc(F)c1)NCCSC1CCOCC1. The number of hydrogen-bond donors (Lipinski definition) is 2. The normalized spacial score (nSPS) is 15.9. The van der Waals surface area contributed by atoms with E-state index in [2.05, 4.69) is 10.0 Å². The number of carbonyl (C=O) groups is 1. The molecule has 2 rings (SSSR count). The van der Waals surface area contributed by atoms with Crippen molar-refractivity contribution in [3.63, 3.8) is 0 Å². The molecule has 1 aromatic rings. The zero-order valence-corrected chi connectivity index (χ0v) is 15.5. The van der Waals surface area contributed by atoms with Gasteiger partial charge in [0.15, 0.2) is 0 Å². The lowest BCUT2D eigenvalue weighted by atomic mass is 10.2. The molecule has 0 aliphatic carbocycles. The molecule has 0 unspecified atom stereocenters. The number of sulfonamides is 1. The van der Waals surface area contributed by atoms with Crippen molar-refractivity contribution in [1.29, 1.82) is 0 Å². The molecular weight excluding hydrogens is 367 g/mol. The number of carbonyl (C=O) groups excluding carboxylic acids is 1. The number of halogens is 1. The Balaban J connectivity index is 1.61. The standard InChI is InChI=1S/C16H23FN2O4S2/c17-13-2-1-3-15(12-13)25(21,22)19-7-4-16(20)18-8-11-24-14-5-9-23-10-6-14/h1-3,12,14,19H,4-11H2,(H,18,20). The third-order valence-corrected chi connectivity index (χ3v) is 6.54. The fourth-order valence-electron chi connectivity index (χ4n) is 2.36. The quantitative estimate of drug-likeness (QED) is 0.625. The summed E-state index contributed by atoms with van der Waals surface area (Å²) in [6.45, 7) is 2.13. The first-order chi connectivity index (χ1) is 12.0. The van der Waals surface area contributed by atoms with Crippen LogP contribution in [0.5, 0.6) is 0 Å². The Hall–Kier alpha value is -1.16. The first-order valence-corrected chi connectivity index (χ1v) is 10.7. The summed E-state index contributed by atoms with van der Waals surface area (Å²) >= 11 is 1.82. The highest BCUT2D eigenvalue weighted by atomic mass is 32.2. The molecule has 0 spiro atoms. The van der Waals surface area contributed by atoms with Crippen LogP contribution in [0.3, 0.4) is 0 Å². The van der Waals surface area contributed by atoms with Crippen molar-refractivity contribution in [2.75, 3.05) is 32.1 Å². The van der Waals surface area contributed by atoms with Crippen LogP contribution in [0.15, 0.2) is 29.2 Å². The van der Waals surface area contributed by atoms with Crippen molar-refractivity contribution in [2.24, 2.45) is 0 Å². The Labute approximate surface area is 151 Å². The van der Waals surface area contributed by atoms with E-state index in [0.717, 1.165) is 37.9 Å². The minimum atomic E-state index is -3.80. The second kappa shape index (κ2) is 10.1. The summed E-state index contributed by atoms with van der Waals surface area (Å²) in [6.07, 6.45) is 2.12. The van der Waals surface area contributed by atoms with Gasteiger partial charge in [0.2, 0.25) is 15.9 Å². The van der Waals surface area contributed by atoms with Crippen LogP contribution in [-0.4, -0.2) is 51.6 Å². The molecule has 1 amide bonds. The number of thioether (sulfide) groups is 1. The average Bonchev–Trinajstić information content (AvgIpc) is 2.59. The second-order valence-corrected chi connectivity index (χ2v) is 8.81. The molecule has 140 valence electrons. The summed E-state index contributed by atoms with van der Waals surface area (Å²) in [5.41, 5.74) is 0. The van der Waals surface area contributed by atoms with Crippen LogP contribution in [0.2, 0.25) is 0 Å². The highest BCUT2D eigenvalue weighted by molar-refractivity contribution is 7.99. The molecule has 1 aliphatic heterocycles. The molecule has 1 saturated heterocycles. The zero-order valence-electron chi connectivity index (χ0n) is 13.9. The van der Waals surface area contributed by atoms with E-state index in [1.807, 2.05) is 11.8 Å². The number of benzene rings is 1. The number of hydrogen-bond acceptors (Lipinski definition) is 5. The monoisotopic (exact) mass is 390 g/mol. The number of rotatable bonds is 9. The summed E-state index contributed by atoms with van der Waals surface area (Å²) in [5.74, 6) is -0.0111. The van der Waals surface area contributed by atoms with Crippen LogP contribution in [0, 0.1) is 5.82 Å². The summed E-state index contributed by atoms with van der Waals surface area (Å²) in [7, 11) is -3.80. The minimum absolute atomic E-state index is 0.0300. The van der Waals surface area contributed by atoms with Crippen molar-refractivity contribution in [3.05, 3.63) is 30.1 Å². The molecule has 0 radical (unpaired) electrons. The van der Waals surface area contributed by atoms with Crippen molar-refractivity contribution in [2.45, 2.75) is 29.4 Å². The molecule has 1 fully saturated rings. The van der Waals surface area contributed by atoms with Gasteiger partial charge in [-0.1, -0.05) is 6.07 Å². The maximum absolute atomic E-state index is 13.1. The van der Waals surface area contributed by atoms with Crippen LogP contribution in [0.1, 0.15) is 19.3 Å². The van der Waals surface area contributed by atoms with E-state index < -0.39 is 15.8 Å². The molecule has 25 heavy (non-hydrogen) atoms. The number of nitrogens with one attached hydrogen (secondary N) is 2. The Morgan fingerprint density at radius 1 is 1.28 bits per heavy atom. The van der Waals surface area contributed by atoms with E-state index in [9.17, 15) is 17.6 Å². The van der Waals surface area contributed by atoms with Gasteiger partial charge in [0.25, 0.3) is 0 Å².